The van der Waals surface area contributed by atoms with Gasteiger partial charge in [0.1, 0.15) is 6.20 Å². The van der Waals surface area contributed by atoms with Crippen molar-refractivity contribution >= 4 is 17.5 Å². The Balaban J connectivity index is 2.29. The number of aryl methyl sites for hydroxylation is 3. The van der Waals surface area contributed by atoms with E-state index in [1.807, 2.05) is 6.92 Å². The number of nitrogens with zero attached hydrogens (tertiary/aromatic N) is 5. The van der Waals surface area contributed by atoms with Crippen molar-refractivity contribution in [3.63, 3.8) is 0 Å². The van der Waals surface area contributed by atoms with Crippen molar-refractivity contribution < 1.29 is 9.72 Å². The van der Waals surface area contributed by atoms with Gasteiger partial charge in [-0.15, -0.1) is 0 Å². The molecule has 0 spiro atoms. The van der Waals surface area contributed by atoms with Gasteiger partial charge in [0.15, 0.2) is 0 Å². The summed E-state index contributed by atoms with van der Waals surface area (Å²) in [5.74, 6) is -0.513. The van der Waals surface area contributed by atoms with Gasteiger partial charge in [-0.2, -0.15) is 10.2 Å². The number of carbonyl (C=O) groups is 1. The molecule has 20 heavy (non-hydrogen) atoms. The highest BCUT2D eigenvalue weighted by Crippen LogP contribution is 2.17. The first-order chi connectivity index (χ1) is 9.38. The fraction of sp³-hybridized carbons (Fsp3) is 0.250. The Labute approximate surface area is 114 Å². The molecule has 0 fully saturated rings. The van der Waals surface area contributed by atoms with Crippen LogP contribution in [0.5, 0.6) is 0 Å². The first-order valence-corrected chi connectivity index (χ1v) is 5.79. The highest BCUT2D eigenvalue weighted by Gasteiger charge is 2.23. The predicted molar refractivity (Wildman–Crippen MR) is 71.2 cm³/mol. The van der Waals surface area contributed by atoms with Crippen LogP contribution in [0.25, 0.3) is 6.08 Å². The van der Waals surface area contributed by atoms with Gasteiger partial charge < -0.3 is 0 Å². The maximum Gasteiger partial charge on any atom is 0.318 e. The SMILES string of the molecule is Cc1nn(C)cc1/C=C/C(=O)c1nn(C)cc1[N+](=O)[O-]. The lowest BCUT2D eigenvalue weighted by molar-refractivity contribution is -0.385. The van der Waals surface area contributed by atoms with Gasteiger partial charge in [0.05, 0.1) is 10.6 Å². The van der Waals surface area contributed by atoms with E-state index in [4.69, 9.17) is 0 Å². The van der Waals surface area contributed by atoms with E-state index in [0.717, 1.165) is 11.3 Å². The molecule has 2 rings (SSSR count). The van der Waals surface area contributed by atoms with Gasteiger partial charge in [0.25, 0.3) is 0 Å². The molecule has 0 N–H and O–H groups in total. The van der Waals surface area contributed by atoms with Crippen LogP contribution in [0, 0.1) is 17.0 Å². The minimum absolute atomic E-state index is 0.171. The zero-order chi connectivity index (χ0) is 14.9. The summed E-state index contributed by atoms with van der Waals surface area (Å²) < 4.78 is 2.87. The van der Waals surface area contributed by atoms with Crippen LogP contribution < -0.4 is 0 Å². The first kappa shape index (κ1) is 13.7. The molecule has 2 aromatic heterocycles. The third-order valence-electron chi connectivity index (χ3n) is 2.71. The quantitative estimate of drug-likeness (QED) is 0.362. The Kier molecular flexibility index (Phi) is 3.47. The smallest absolute Gasteiger partial charge is 0.287 e. The van der Waals surface area contributed by atoms with E-state index in [1.165, 1.54) is 24.0 Å². The molecule has 0 saturated carbocycles. The third-order valence-corrected chi connectivity index (χ3v) is 2.71. The van der Waals surface area contributed by atoms with Gasteiger partial charge in [-0.1, -0.05) is 0 Å². The second-order valence-corrected chi connectivity index (χ2v) is 4.33. The van der Waals surface area contributed by atoms with Crippen LogP contribution in [-0.2, 0) is 14.1 Å². The van der Waals surface area contributed by atoms with E-state index >= 15 is 0 Å². The lowest BCUT2D eigenvalue weighted by Gasteiger charge is -1.90. The van der Waals surface area contributed by atoms with Crippen LogP contribution in [0.1, 0.15) is 21.7 Å². The summed E-state index contributed by atoms with van der Waals surface area (Å²) >= 11 is 0. The summed E-state index contributed by atoms with van der Waals surface area (Å²) in [5, 5.41) is 18.8. The van der Waals surface area contributed by atoms with Crippen LogP contribution in [0.3, 0.4) is 0 Å². The van der Waals surface area contributed by atoms with E-state index in [0.29, 0.717) is 0 Å². The minimum Gasteiger partial charge on any atom is -0.287 e. The molecular formula is C12H13N5O3. The summed E-state index contributed by atoms with van der Waals surface area (Å²) in [4.78, 5) is 22.2. The number of rotatable bonds is 4. The maximum absolute atomic E-state index is 12.0. The first-order valence-electron chi connectivity index (χ1n) is 5.79. The van der Waals surface area contributed by atoms with Gasteiger partial charge >= 0.3 is 5.69 Å². The van der Waals surface area contributed by atoms with Crippen LogP contribution in [0.2, 0.25) is 0 Å². The van der Waals surface area contributed by atoms with Crippen LogP contribution in [-0.4, -0.2) is 30.3 Å². The summed E-state index contributed by atoms with van der Waals surface area (Å²) in [6.07, 6.45) is 5.80. The van der Waals surface area contributed by atoms with Crippen molar-refractivity contribution in [2.75, 3.05) is 0 Å². The Hall–Kier alpha value is -2.77. The predicted octanol–water partition coefficient (Wildman–Crippen LogP) is 1.27. The molecule has 8 nitrogen and oxygen atoms in total. The molecule has 2 heterocycles. The molecule has 0 aromatic carbocycles. The van der Waals surface area contributed by atoms with Crippen LogP contribution >= 0.6 is 0 Å². The van der Waals surface area contributed by atoms with Gasteiger partial charge in [0.2, 0.25) is 11.5 Å². The van der Waals surface area contributed by atoms with Gasteiger partial charge in [-0.3, -0.25) is 24.3 Å². The monoisotopic (exact) mass is 275 g/mol. The normalized spacial score (nSPS) is 11.2. The van der Waals surface area contributed by atoms with E-state index in [9.17, 15) is 14.9 Å². The zero-order valence-corrected chi connectivity index (χ0v) is 11.3. The highest BCUT2D eigenvalue weighted by atomic mass is 16.6. The van der Waals surface area contributed by atoms with E-state index in [1.54, 1.807) is 24.0 Å². The van der Waals surface area contributed by atoms with Crippen molar-refractivity contribution in [3.05, 3.63) is 45.5 Å². The number of nitro groups is 1. The highest BCUT2D eigenvalue weighted by molar-refractivity contribution is 6.08. The summed E-state index contributed by atoms with van der Waals surface area (Å²) in [7, 11) is 3.30. The second kappa shape index (κ2) is 5.08. The fourth-order valence-electron chi connectivity index (χ4n) is 1.81. The second-order valence-electron chi connectivity index (χ2n) is 4.33. The molecular weight excluding hydrogens is 262 g/mol. The number of carbonyl (C=O) groups excluding carboxylic acids is 1. The van der Waals surface area contributed by atoms with Crippen LogP contribution in [0.15, 0.2) is 18.5 Å². The lowest BCUT2D eigenvalue weighted by atomic mass is 10.2. The van der Waals surface area contributed by atoms with Gasteiger partial charge in [-0.25, -0.2) is 0 Å². The standard InChI is InChI=1S/C12H13N5O3/c1-8-9(6-15(2)13-8)4-5-11(18)12-10(17(19)20)7-16(3)14-12/h4-7H,1-3H3/b5-4+. The van der Waals surface area contributed by atoms with Crippen molar-refractivity contribution in [2.24, 2.45) is 14.1 Å². The van der Waals surface area contributed by atoms with E-state index in [-0.39, 0.29) is 11.4 Å². The van der Waals surface area contributed by atoms with Gasteiger partial charge in [0, 0.05) is 25.9 Å². The Morgan fingerprint density at radius 2 is 1.95 bits per heavy atom. The summed E-state index contributed by atoms with van der Waals surface area (Å²) in [6.45, 7) is 1.81. The summed E-state index contributed by atoms with van der Waals surface area (Å²) in [6, 6.07) is 0. The topological polar surface area (TPSA) is 95.8 Å². The van der Waals surface area contributed by atoms with Gasteiger partial charge in [-0.05, 0) is 19.1 Å². The number of allylic oxidation sites excluding steroid dienone is 1. The molecule has 0 aliphatic rings. The molecule has 0 amide bonds. The average Bonchev–Trinajstić information content (AvgIpc) is 2.89. The lowest BCUT2D eigenvalue weighted by Crippen LogP contribution is -2.01. The number of ketones is 1. The average molecular weight is 275 g/mol. The Morgan fingerprint density at radius 1 is 1.30 bits per heavy atom. The molecule has 2 aromatic rings. The molecule has 0 radical (unpaired) electrons. The molecule has 0 saturated heterocycles. The molecule has 0 unspecified atom stereocenters. The van der Waals surface area contributed by atoms with Crippen LogP contribution in [0.4, 0.5) is 5.69 Å². The van der Waals surface area contributed by atoms with Crippen molar-refractivity contribution in [3.8, 4) is 0 Å². The number of hydrogen-bond acceptors (Lipinski definition) is 5. The molecule has 8 heteroatoms. The molecule has 0 bridgehead atoms. The molecule has 0 aliphatic carbocycles. The van der Waals surface area contributed by atoms with Crippen molar-refractivity contribution in [1.29, 1.82) is 0 Å². The third kappa shape index (κ3) is 2.63. The van der Waals surface area contributed by atoms with E-state index in [2.05, 4.69) is 10.2 Å². The largest absolute Gasteiger partial charge is 0.318 e. The number of aromatic nitrogens is 4. The Bertz CT molecular complexity index is 711. The molecule has 0 aliphatic heterocycles. The van der Waals surface area contributed by atoms with Crippen molar-refractivity contribution in [1.82, 2.24) is 19.6 Å². The zero-order valence-electron chi connectivity index (χ0n) is 11.3. The molecule has 104 valence electrons. The number of hydrogen-bond donors (Lipinski definition) is 0. The van der Waals surface area contributed by atoms with Crippen molar-refractivity contribution in [2.45, 2.75) is 6.92 Å². The maximum atomic E-state index is 12.0. The fourth-order valence-corrected chi connectivity index (χ4v) is 1.81. The molecule has 0 atom stereocenters. The Morgan fingerprint density at radius 3 is 2.50 bits per heavy atom. The summed E-state index contributed by atoms with van der Waals surface area (Å²) in [5.41, 5.74) is 1.08. The van der Waals surface area contributed by atoms with E-state index < -0.39 is 10.7 Å². The minimum atomic E-state index is -0.622.